The van der Waals surface area contributed by atoms with Crippen LogP contribution in [0.4, 0.5) is 10.5 Å². The van der Waals surface area contributed by atoms with E-state index in [0.717, 1.165) is 44.4 Å². The summed E-state index contributed by atoms with van der Waals surface area (Å²) in [7, 11) is 1.62. The van der Waals surface area contributed by atoms with Crippen molar-refractivity contribution in [2.24, 2.45) is 5.92 Å². The minimum atomic E-state index is -0.151. The molecule has 2 amide bonds. The normalized spacial score (nSPS) is 21.3. The molecule has 156 valence electrons. The van der Waals surface area contributed by atoms with E-state index in [1.54, 1.807) is 7.11 Å². The van der Waals surface area contributed by atoms with Gasteiger partial charge in [-0.05, 0) is 43.7 Å². The number of hydrogen-bond donors (Lipinski definition) is 1. The van der Waals surface area contributed by atoms with Crippen LogP contribution in [0.3, 0.4) is 0 Å². The number of rotatable bonds is 5. The largest absolute Gasteiger partial charge is 0.377 e. The van der Waals surface area contributed by atoms with Gasteiger partial charge in [0.1, 0.15) is 6.61 Å². The zero-order valence-electron chi connectivity index (χ0n) is 16.8. The lowest BCUT2D eigenvalue weighted by Gasteiger charge is -2.46. The van der Waals surface area contributed by atoms with E-state index < -0.39 is 0 Å². The summed E-state index contributed by atoms with van der Waals surface area (Å²) in [4.78, 5) is 18.8. The van der Waals surface area contributed by atoms with Crippen LogP contribution in [0, 0.1) is 5.92 Å². The molecule has 0 bridgehead atoms. The van der Waals surface area contributed by atoms with Crippen LogP contribution in [0.1, 0.15) is 37.4 Å². The van der Waals surface area contributed by atoms with Gasteiger partial charge in [-0.15, -0.1) is 0 Å². The Hall–Kier alpha value is -2.45. The van der Waals surface area contributed by atoms with E-state index in [4.69, 9.17) is 14.0 Å². The molecule has 3 heterocycles. The fraction of sp³-hybridized carbons (Fsp3) is 0.571. The van der Waals surface area contributed by atoms with Crippen LogP contribution >= 0.6 is 0 Å². The first-order chi connectivity index (χ1) is 14.2. The van der Waals surface area contributed by atoms with Crippen molar-refractivity contribution in [3.8, 4) is 0 Å². The Morgan fingerprint density at radius 1 is 1.31 bits per heavy atom. The molecule has 1 unspecified atom stereocenters. The Morgan fingerprint density at radius 2 is 2.10 bits per heavy atom. The quantitative estimate of drug-likeness (QED) is 0.829. The van der Waals surface area contributed by atoms with E-state index in [1.807, 2.05) is 35.2 Å². The van der Waals surface area contributed by atoms with Crippen molar-refractivity contribution in [2.75, 3.05) is 32.1 Å². The Labute approximate surface area is 170 Å². The first kappa shape index (κ1) is 19.8. The highest BCUT2D eigenvalue weighted by Gasteiger charge is 2.41. The number of amides is 2. The van der Waals surface area contributed by atoms with E-state index in [0.29, 0.717) is 37.3 Å². The van der Waals surface area contributed by atoms with Crippen molar-refractivity contribution < 1.29 is 18.8 Å². The second-order valence-corrected chi connectivity index (χ2v) is 7.92. The number of piperidine rings is 1. The molecule has 1 spiro atoms. The van der Waals surface area contributed by atoms with Gasteiger partial charge in [-0.25, -0.2) is 4.79 Å². The van der Waals surface area contributed by atoms with Gasteiger partial charge in [-0.2, -0.15) is 4.98 Å². The number of methoxy groups -OCH3 is 1. The molecule has 1 aromatic carbocycles. The lowest BCUT2D eigenvalue weighted by molar-refractivity contribution is -0.123. The van der Waals surface area contributed by atoms with Crippen LogP contribution in [0.2, 0.25) is 0 Å². The summed E-state index contributed by atoms with van der Waals surface area (Å²) in [6.45, 7) is 2.50. The van der Waals surface area contributed by atoms with Crippen LogP contribution in [0.25, 0.3) is 0 Å². The van der Waals surface area contributed by atoms with Gasteiger partial charge >= 0.3 is 6.03 Å². The molecule has 1 atom stereocenters. The van der Waals surface area contributed by atoms with E-state index in [-0.39, 0.29) is 11.6 Å². The second kappa shape index (κ2) is 8.92. The number of anilines is 1. The molecule has 4 rings (SSSR count). The summed E-state index contributed by atoms with van der Waals surface area (Å²) < 4.78 is 16.6. The second-order valence-electron chi connectivity index (χ2n) is 7.92. The summed E-state index contributed by atoms with van der Waals surface area (Å²) in [5.74, 6) is 1.70. The van der Waals surface area contributed by atoms with Gasteiger partial charge in [-0.3, -0.25) is 0 Å². The molecule has 8 nitrogen and oxygen atoms in total. The fourth-order valence-electron chi connectivity index (χ4n) is 4.30. The molecule has 29 heavy (non-hydrogen) atoms. The number of carbonyl (C=O) groups is 1. The minimum Gasteiger partial charge on any atom is -0.377 e. The molecule has 2 saturated heterocycles. The Bertz CT molecular complexity index is 802. The van der Waals surface area contributed by atoms with Gasteiger partial charge in [0, 0.05) is 38.9 Å². The number of carbonyl (C=O) groups excluding carboxylic acids is 1. The van der Waals surface area contributed by atoms with Gasteiger partial charge in [-0.1, -0.05) is 23.4 Å². The maximum Gasteiger partial charge on any atom is 0.321 e. The van der Waals surface area contributed by atoms with E-state index in [9.17, 15) is 4.79 Å². The third-order valence-corrected chi connectivity index (χ3v) is 5.83. The molecule has 2 aliphatic heterocycles. The molecular formula is C21H28N4O4. The lowest BCUT2D eigenvalue weighted by atomic mass is 9.78. The molecule has 0 radical (unpaired) electrons. The van der Waals surface area contributed by atoms with E-state index in [2.05, 4.69) is 15.5 Å². The van der Waals surface area contributed by atoms with Gasteiger partial charge in [0.05, 0.1) is 5.60 Å². The molecule has 2 aromatic rings. The predicted octanol–water partition coefficient (Wildman–Crippen LogP) is 3.25. The monoisotopic (exact) mass is 400 g/mol. The summed E-state index contributed by atoms with van der Waals surface area (Å²) >= 11 is 0. The number of nitrogens with one attached hydrogen (secondary N) is 1. The fourth-order valence-corrected chi connectivity index (χ4v) is 4.30. The Balaban J connectivity index is 1.29. The van der Waals surface area contributed by atoms with Crippen molar-refractivity contribution in [1.82, 2.24) is 15.0 Å². The van der Waals surface area contributed by atoms with Crippen LogP contribution in [0.15, 0.2) is 34.9 Å². The zero-order valence-corrected chi connectivity index (χ0v) is 16.8. The highest BCUT2D eigenvalue weighted by molar-refractivity contribution is 5.89. The minimum absolute atomic E-state index is 0.0464. The maximum atomic E-state index is 12.5. The van der Waals surface area contributed by atoms with Gasteiger partial charge < -0.3 is 24.2 Å². The first-order valence-corrected chi connectivity index (χ1v) is 10.2. The number of aromatic nitrogens is 2. The van der Waals surface area contributed by atoms with Crippen LogP contribution in [-0.2, 0) is 22.5 Å². The summed E-state index contributed by atoms with van der Waals surface area (Å²) in [6, 6.07) is 9.51. The van der Waals surface area contributed by atoms with E-state index >= 15 is 0 Å². The van der Waals surface area contributed by atoms with Crippen molar-refractivity contribution in [2.45, 2.75) is 44.3 Å². The topological polar surface area (TPSA) is 89.7 Å². The standard InChI is InChI=1S/C21H28N4O4/c1-27-15-18-23-19(29-24-18)13-16-7-12-28-21(14-16)8-10-25(11-9-21)20(26)22-17-5-3-2-4-6-17/h2-6,16H,7-15H2,1H3,(H,22,26). The average molecular weight is 400 g/mol. The maximum absolute atomic E-state index is 12.5. The number of benzene rings is 1. The average Bonchev–Trinajstić information content (AvgIpc) is 3.16. The van der Waals surface area contributed by atoms with Crippen LogP contribution < -0.4 is 5.32 Å². The number of urea groups is 1. The first-order valence-electron chi connectivity index (χ1n) is 10.2. The van der Waals surface area contributed by atoms with Crippen LogP contribution in [0.5, 0.6) is 0 Å². The molecule has 8 heteroatoms. The molecule has 0 saturated carbocycles. The SMILES string of the molecule is COCc1noc(CC2CCOC3(CCN(C(=O)Nc4ccccc4)CC3)C2)n1. The van der Waals surface area contributed by atoms with E-state index in [1.165, 1.54) is 0 Å². The Morgan fingerprint density at radius 3 is 2.86 bits per heavy atom. The molecular weight excluding hydrogens is 372 g/mol. The van der Waals surface area contributed by atoms with Gasteiger partial charge in [0.2, 0.25) is 5.89 Å². The highest BCUT2D eigenvalue weighted by Crippen LogP contribution is 2.38. The third kappa shape index (κ3) is 4.94. The van der Waals surface area contributed by atoms with Gasteiger partial charge in [0.15, 0.2) is 5.82 Å². The molecule has 2 aliphatic rings. The molecule has 1 N–H and O–H groups in total. The van der Waals surface area contributed by atoms with Crippen molar-refractivity contribution in [3.63, 3.8) is 0 Å². The molecule has 0 aliphatic carbocycles. The lowest BCUT2D eigenvalue weighted by Crippen LogP contribution is -2.51. The highest BCUT2D eigenvalue weighted by atomic mass is 16.5. The third-order valence-electron chi connectivity index (χ3n) is 5.83. The van der Waals surface area contributed by atoms with Crippen molar-refractivity contribution in [1.29, 1.82) is 0 Å². The number of para-hydroxylation sites is 1. The molecule has 1 aromatic heterocycles. The smallest absolute Gasteiger partial charge is 0.321 e. The predicted molar refractivity (Wildman–Crippen MR) is 106 cm³/mol. The number of ether oxygens (including phenoxy) is 2. The zero-order chi connectivity index (χ0) is 20.1. The Kier molecular flexibility index (Phi) is 6.10. The number of hydrogen-bond acceptors (Lipinski definition) is 6. The number of likely N-dealkylation sites (tertiary alicyclic amines) is 1. The van der Waals surface area contributed by atoms with Crippen molar-refractivity contribution >= 4 is 11.7 Å². The van der Waals surface area contributed by atoms with Crippen LogP contribution in [-0.4, -0.2) is 53.5 Å². The summed E-state index contributed by atoms with van der Waals surface area (Å²) in [6.07, 6.45) is 4.42. The number of nitrogens with zero attached hydrogens (tertiary/aromatic N) is 3. The van der Waals surface area contributed by atoms with Gasteiger partial charge in [0.25, 0.3) is 0 Å². The summed E-state index contributed by atoms with van der Waals surface area (Å²) in [5.41, 5.74) is 0.668. The summed E-state index contributed by atoms with van der Waals surface area (Å²) in [5, 5.41) is 6.91. The van der Waals surface area contributed by atoms with Crippen molar-refractivity contribution in [3.05, 3.63) is 42.0 Å². The molecule has 2 fully saturated rings.